The summed E-state index contributed by atoms with van der Waals surface area (Å²) in [5, 5.41) is 5.81. The van der Waals surface area contributed by atoms with E-state index in [0.29, 0.717) is 23.5 Å². The van der Waals surface area contributed by atoms with E-state index in [-0.39, 0.29) is 36.1 Å². The largest absolute Gasteiger partial charge is 0.330 e. The number of rotatable bonds is 5. The highest BCUT2D eigenvalue weighted by atomic mass is 35.5. The first kappa shape index (κ1) is 19.9. The van der Waals surface area contributed by atoms with Gasteiger partial charge in [0.05, 0.1) is 0 Å². The summed E-state index contributed by atoms with van der Waals surface area (Å²) in [5.41, 5.74) is 7.68. The molecule has 3 rings (SSSR count). The molecule has 5 nitrogen and oxygen atoms in total. The lowest BCUT2D eigenvalue weighted by molar-refractivity contribution is -0.120. The molecule has 0 heterocycles. The molecule has 2 amide bonds. The van der Waals surface area contributed by atoms with E-state index < -0.39 is 0 Å². The Labute approximate surface area is 159 Å². The molecule has 2 aromatic rings. The summed E-state index contributed by atoms with van der Waals surface area (Å²) in [6, 6.07) is 16.2. The first-order valence-corrected chi connectivity index (χ1v) is 8.65. The highest BCUT2D eigenvalue weighted by Gasteiger charge is 2.31. The van der Waals surface area contributed by atoms with Gasteiger partial charge >= 0.3 is 0 Å². The van der Waals surface area contributed by atoms with Crippen molar-refractivity contribution in [3.63, 3.8) is 0 Å². The molecule has 26 heavy (non-hydrogen) atoms. The molecule has 0 aliphatic heterocycles. The average molecular weight is 374 g/mol. The van der Waals surface area contributed by atoms with Crippen LogP contribution in [-0.4, -0.2) is 18.4 Å². The summed E-state index contributed by atoms with van der Waals surface area (Å²) in [6.45, 7) is 0.547. The molecule has 0 aromatic heterocycles. The van der Waals surface area contributed by atoms with Crippen molar-refractivity contribution in [3.8, 4) is 0 Å². The number of hydrogen-bond donors (Lipinski definition) is 3. The van der Waals surface area contributed by atoms with E-state index >= 15 is 0 Å². The summed E-state index contributed by atoms with van der Waals surface area (Å²) in [5.74, 6) is 0.0797. The van der Waals surface area contributed by atoms with Crippen LogP contribution >= 0.6 is 12.4 Å². The van der Waals surface area contributed by atoms with Gasteiger partial charge in [-0.25, -0.2) is 0 Å². The van der Waals surface area contributed by atoms with Gasteiger partial charge in [-0.1, -0.05) is 30.7 Å². The number of carbonyl (C=O) groups excluding carboxylic acids is 2. The zero-order chi connectivity index (χ0) is 17.6. The Bertz CT molecular complexity index is 752. The minimum Gasteiger partial charge on any atom is -0.330 e. The Morgan fingerprint density at radius 1 is 0.962 bits per heavy atom. The van der Waals surface area contributed by atoms with Crippen LogP contribution in [0.2, 0.25) is 0 Å². The predicted octanol–water partition coefficient (Wildman–Crippen LogP) is 3.67. The quantitative estimate of drug-likeness (QED) is 0.747. The lowest BCUT2D eigenvalue weighted by Gasteiger charge is -2.17. The third-order valence-electron chi connectivity index (χ3n) is 4.72. The van der Waals surface area contributed by atoms with Crippen LogP contribution in [0.1, 0.15) is 29.6 Å². The molecule has 2 aromatic carbocycles. The van der Waals surface area contributed by atoms with Crippen molar-refractivity contribution in [1.29, 1.82) is 0 Å². The van der Waals surface area contributed by atoms with E-state index in [9.17, 15) is 9.59 Å². The minimum absolute atomic E-state index is 0. The Hall–Kier alpha value is -2.37. The lowest BCUT2D eigenvalue weighted by Crippen LogP contribution is -2.29. The molecular weight excluding hydrogens is 350 g/mol. The first-order chi connectivity index (χ1) is 12.2. The molecule has 4 N–H and O–H groups in total. The number of hydrogen-bond acceptors (Lipinski definition) is 3. The van der Waals surface area contributed by atoms with Crippen molar-refractivity contribution in [1.82, 2.24) is 0 Å². The second-order valence-electron chi connectivity index (χ2n) is 6.42. The standard InChI is InChI=1S/C20H23N3O2.ClH/c21-13-15-8-4-11-18(15)20(25)23-17-10-5-9-16(12-17)22-19(24)14-6-2-1-3-7-14;/h1-3,5-7,9-10,12,15,18H,4,8,11,13,21H2,(H,22,24)(H,23,25);1H/t15-,18-;/m1./s1. The minimum atomic E-state index is -0.178. The van der Waals surface area contributed by atoms with Crippen molar-refractivity contribution < 1.29 is 9.59 Å². The van der Waals surface area contributed by atoms with Gasteiger partial charge in [-0.15, -0.1) is 12.4 Å². The molecule has 0 spiro atoms. The van der Waals surface area contributed by atoms with Gasteiger partial charge in [-0.2, -0.15) is 0 Å². The maximum Gasteiger partial charge on any atom is 0.255 e. The van der Waals surface area contributed by atoms with Crippen LogP contribution in [0.25, 0.3) is 0 Å². The first-order valence-electron chi connectivity index (χ1n) is 8.65. The predicted molar refractivity (Wildman–Crippen MR) is 107 cm³/mol. The fraction of sp³-hybridized carbons (Fsp3) is 0.300. The van der Waals surface area contributed by atoms with Crippen LogP contribution in [-0.2, 0) is 4.79 Å². The monoisotopic (exact) mass is 373 g/mol. The third-order valence-corrected chi connectivity index (χ3v) is 4.72. The SMILES string of the molecule is Cl.NC[C@H]1CCC[C@H]1C(=O)Nc1cccc(NC(=O)c2ccccc2)c1. The summed E-state index contributed by atoms with van der Waals surface area (Å²) >= 11 is 0. The normalized spacial score (nSPS) is 18.7. The number of carbonyl (C=O) groups is 2. The van der Waals surface area contributed by atoms with Gasteiger partial charge in [0.2, 0.25) is 5.91 Å². The average Bonchev–Trinajstić information content (AvgIpc) is 3.11. The molecule has 1 aliphatic rings. The van der Waals surface area contributed by atoms with Gasteiger partial charge in [0.1, 0.15) is 0 Å². The van der Waals surface area contributed by atoms with E-state index in [4.69, 9.17) is 5.73 Å². The maximum absolute atomic E-state index is 12.5. The topological polar surface area (TPSA) is 84.2 Å². The maximum atomic E-state index is 12.5. The van der Waals surface area contributed by atoms with Crippen molar-refractivity contribution in [3.05, 3.63) is 60.2 Å². The number of amides is 2. The van der Waals surface area contributed by atoms with E-state index in [2.05, 4.69) is 10.6 Å². The van der Waals surface area contributed by atoms with Crippen molar-refractivity contribution in [2.24, 2.45) is 17.6 Å². The zero-order valence-corrected chi connectivity index (χ0v) is 15.3. The number of anilines is 2. The van der Waals surface area contributed by atoms with Gasteiger partial charge in [-0.3, -0.25) is 9.59 Å². The van der Waals surface area contributed by atoms with Crippen LogP contribution in [0.3, 0.4) is 0 Å². The molecule has 6 heteroatoms. The summed E-state index contributed by atoms with van der Waals surface area (Å²) in [7, 11) is 0. The lowest BCUT2D eigenvalue weighted by atomic mass is 9.95. The van der Waals surface area contributed by atoms with Gasteiger partial charge < -0.3 is 16.4 Å². The fourth-order valence-corrected chi connectivity index (χ4v) is 3.37. The van der Waals surface area contributed by atoms with Crippen LogP contribution in [0.5, 0.6) is 0 Å². The number of halogens is 1. The van der Waals surface area contributed by atoms with E-state index in [1.165, 1.54) is 0 Å². The molecule has 0 saturated heterocycles. The van der Waals surface area contributed by atoms with Gasteiger partial charge in [0, 0.05) is 22.9 Å². The van der Waals surface area contributed by atoms with Crippen LogP contribution in [0, 0.1) is 11.8 Å². The Morgan fingerprint density at radius 2 is 1.65 bits per heavy atom. The van der Waals surface area contributed by atoms with Gasteiger partial charge in [-0.05, 0) is 55.6 Å². The molecule has 0 bridgehead atoms. The number of nitrogens with two attached hydrogens (primary N) is 1. The zero-order valence-electron chi connectivity index (χ0n) is 14.5. The third kappa shape index (κ3) is 4.84. The highest BCUT2D eigenvalue weighted by Crippen LogP contribution is 2.32. The second-order valence-corrected chi connectivity index (χ2v) is 6.42. The Balaban J connectivity index is 0.00000243. The van der Waals surface area contributed by atoms with Crippen LogP contribution in [0.4, 0.5) is 11.4 Å². The fourth-order valence-electron chi connectivity index (χ4n) is 3.37. The summed E-state index contributed by atoms with van der Waals surface area (Å²) in [6.07, 6.45) is 2.95. The highest BCUT2D eigenvalue weighted by molar-refractivity contribution is 6.04. The van der Waals surface area contributed by atoms with E-state index in [1.807, 2.05) is 30.3 Å². The van der Waals surface area contributed by atoms with E-state index in [0.717, 1.165) is 19.3 Å². The summed E-state index contributed by atoms with van der Waals surface area (Å²) in [4.78, 5) is 24.7. The summed E-state index contributed by atoms with van der Waals surface area (Å²) < 4.78 is 0. The van der Waals surface area contributed by atoms with Crippen molar-refractivity contribution in [2.45, 2.75) is 19.3 Å². The van der Waals surface area contributed by atoms with Crippen molar-refractivity contribution >= 4 is 35.6 Å². The smallest absolute Gasteiger partial charge is 0.255 e. The second kappa shape index (κ2) is 9.36. The molecule has 0 radical (unpaired) electrons. The molecule has 1 fully saturated rings. The molecular formula is C20H24ClN3O2. The molecule has 1 aliphatic carbocycles. The van der Waals surface area contributed by atoms with Crippen LogP contribution in [0.15, 0.2) is 54.6 Å². The molecule has 138 valence electrons. The van der Waals surface area contributed by atoms with Crippen molar-refractivity contribution in [2.75, 3.05) is 17.2 Å². The van der Waals surface area contributed by atoms with Gasteiger partial charge in [0.15, 0.2) is 0 Å². The number of nitrogens with one attached hydrogen (secondary N) is 2. The Kier molecular flexibility index (Phi) is 7.18. The number of benzene rings is 2. The molecule has 2 atom stereocenters. The molecule has 1 saturated carbocycles. The van der Waals surface area contributed by atoms with Gasteiger partial charge in [0.25, 0.3) is 5.91 Å². The van der Waals surface area contributed by atoms with Crippen LogP contribution < -0.4 is 16.4 Å². The molecule has 0 unspecified atom stereocenters. The Morgan fingerprint density at radius 3 is 2.35 bits per heavy atom. The van der Waals surface area contributed by atoms with E-state index in [1.54, 1.807) is 24.3 Å².